The van der Waals surface area contributed by atoms with Crippen molar-refractivity contribution >= 4 is 27.0 Å². The third kappa shape index (κ3) is 4.20. The smallest absolute Gasteiger partial charge is 0.333 e. The van der Waals surface area contributed by atoms with Crippen LogP contribution in [0, 0.1) is 0 Å². The first kappa shape index (κ1) is 18.9. The Morgan fingerprint density at radius 2 is 1.89 bits per heavy atom. The van der Waals surface area contributed by atoms with E-state index < -0.39 is 27.5 Å². The van der Waals surface area contributed by atoms with Gasteiger partial charge in [0.15, 0.2) is 5.82 Å². The zero-order valence-corrected chi connectivity index (χ0v) is 15.9. The number of hydrogen-bond acceptors (Lipinski definition) is 6. The second kappa shape index (κ2) is 6.89. The molecule has 1 saturated carbocycles. The average Bonchev–Trinajstić information content (AvgIpc) is 3.17. The maximum absolute atomic E-state index is 12.6. The summed E-state index contributed by atoms with van der Waals surface area (Å²) >= 11 is 1.25. The fourth-order valence-electron chi connectivity index (χ4n) is 2.60. The van der Waals surface area contributed by atoms with Crippen molar-refractivity contribution in [1.82, 2.24) is 10.1 Å². The van der Waals surface area contributed by atoms with E-state index in [4.69, 9.17) is 4.52 Å². The largest absolute Gasteiger partial charge is 0.416 e. The number of rotatable bonds is 6. The van der Waals surface area contributed by atoms with E-state index >= 15 is 0 Å². The third-order valence-corrected chi connectivity index (χ3v) is 6.29. The second-order valence-corrected chi connectivity index (χ2v) is 9.09. The number of benzene rings is 1. The molecule has 3 aromatic rings. The molecule has 2 heterocycles. The van der Waals surface area contributed by atoms with Gasteiger partial charge < -0.3 is 4.52 Å². The summed E-state index contributed by atoms with van der Waals surface area (Å²) in [7, 11) is -3.85. The van der Waals surface area contributed by atoms with Gasteiger partial charge in [-0.1, -0.05) is 17.3 Å². The predicted octanol–water partition coefficient (Wildman–Crippen LogP) is 4.64. The maximum Gasteiger partial charge on any atom is 0.416 e. The molecule has 148 valence electrons. The van der Waals surface area contributed by atoms with Gasteiger partial charge in [-0.05, 0) is 42.0 Å². The highest BCUT2D eigenvalue weighted by Crippen LogP contribution is 2.40. The van der Waals surface area contributed by atoms with E-state index in [1.54, 1.807) is 11.4 Å². The standard InChI is InChI=1S/C17H14F3N3O3S2/c18-17(19,20)12-5-1-10(2-6-12)9-28(24,25)23-13-7-8-27-14(13)16-21-15(22-26-16)11-3-4-11/h1-2,5-8,11,23H,3-4,9H2. The number of halogens is 3. The Bertz CT molecular complexity index is 1080. The quantitative estimate of drug-likeness (QED) is 0.617. The van der Waals surface area contributed by atoms with Crippen LogP contribution in [-0.4, -0.2) is 18.6 Å². The molecule has 0 atom stereocenters. The highest BCUT2D eigenvalue weighted by molar-refractivity contribution is 7.92. The first-order valence-corrected chi connectivity index (χ1v) is 10.8. The molecule has 1 aromatic carbocycles. The average molecular weight is 429 g/mol. The molecule has 1 fully saturated rings. The van der Waals surface area contributed by atoms with Gasteiger partial charge in [0.25, 0.3) is 5.89 Å². The summed E-state index contributed by atoms with van der Waals surface area (Å²) in [6.07, 6.45) is -2.45. The molecule has 0 radical (unpaired) electrons. The summed E-state index contributed by atoms with van der Waals surface area (Å²) in [4.78, 5) is 4.81. The molecule has 28 heavy (non-hydrogen) atoms. The highest BCUT2D eigenvalue weighted by atomic mass is 32.2. The summed E-state index contributed by atoms with van der Waals surface area (Å²) in [6, 6.07) is 5.59. The van der Waals surface area contributed by atoms with Crippen LogP contribution >= 0.6 is 11.3 Å². The van der Waals surface area contributed by atoms with Gasteiger partial charge >= 0.3 is 6.18 Å². The van der Waals surface area contributed by atoms with Crippen molar-refractivity contribution in [2.24, 2.45) is 0 Å². The molecule has 1 N–H and O–H groups in total. The van der Waals surface area contributed by atoms with Crippen molar-refractivity contribution < 1.29 is 26.1 Å². The van der Waals surface area contributed by atoms with Crippen molar-refractivity contribution in [3.8, 4) is 10.8 Å². The molecule has 0 saturated heterocycles. The third-order valence-electron chi connectivity index (χ3n) is 4.15. The normalized spacial score (nSPS) is 15.0. The summed E-state index contributed by atoms with van der Waals surface area (Å²) < 4.78 is 70.5. The van der Waals surface area contributed by atoms with E-state index in [0.717, 1.165) is 37.1 Å². The molecule has 6 nitrogen and oxygen atoms in total. The summed E-state index contributed by atoms with van der Waals surface area (Å²) in [6.45, 7) is 0. The van der Waals surface area contributed by atoms with Gasteiger partial charge in [0.05, 0.1) is 17.0 Å². The van der Waals surface area contributed by atoms with Crippen molar-refractivity contribution in [3.63, 3.8) is 0 Å². The first-order valence-electron chi connectivity index (χ1n) is 8.29. The molecule has 0 spiro atoms. The minimum atomic E-state index is -4.47. The van der Waals surface area contributed by atoms with Crippen LogP contribution in [0.5, 0.6) is 0 Å². The lowest BCUT2D eigenvalue weighted by molar-refractivity contribution is -0.137. The number of sulfonamides is 1. The Morgan fingerprint density at radius 1 is 1.18 bits per heavy atom. The predicted molar refractivity (Wildman–Crippen MR) is 97.3 cm³/mol. The molecule has 0 amide bonds. The lowest BCUT2D eigenvalue weighted by Gasteiger charge is -2.09. The Labute approximate surface area is 162 Å². The van der Waals surface area contributed by atoms with Crippen LogP contribution in [0.1, 0.15) is 35.7 Å². The summed E-state index contributed by atoms with van der Waals surface area (Å²) in [5, 5.41) is 5.61. The molecular formula is C17H14F3N3O3S2. The van der Waals surface area contributed by atoms with Gasteiger partial charge in [0.1, 0.15) is 4.88 Å². The molecule has 11 heteroatoms. The van der Waals surface area contributed by atoms with E-state index in [1.165, 1.54) is 11.3 Å². The summed E-state index contributed by atoms with van der Waals surface area (Å²) in [5.41, 5.74) is -0.293. The van der Waals surface area contributed by atoms with E-state index in [-0.39, 0.29) is 11.5 Å². The minimum absolute atomic E-state index is 0.240. The Hall–Kier alpha value is -2.40. The first-order chi connectivity index (χ1) is 13.2. The number of nitrogens with one attached hydrogen (secondary N) is 1. The van der Waals surface area contributed by atoms with Crippen LogP contribution in [0.15, 0.2) is 40.2 Å². The van der Waals surface area contributed by atoms with Crippen LogP contribution in [-0.2, 0) is 22.0 Å². The number of nitrogens with zero attached hydrogens (tertiary/aromatic N) is 2. The lowest BCUT2D eigenvalue weighted by atomic mass is 10.1. The maximum atomic E-state index is 12.6. The van der Waals surface area contributed by atoms with Gasteiger partial charge in [-0.25, -0.2) is 8.42 Å². The zero-order valence-electron chi connectivity index (χ0n) is 14.2. The van der Waals surface area contributed by atoms with E-state index in [2.05, 4.69) is 14.9 Å². The molecule has 0 aliphatic heterocycles. The topological polar surface area (TPSA) is 85.1 Å². The monoisotopic (exact) mass is 429 g/mol. The van der Waals surface area contributed by atoms with E-state index in [9.17, 15) is 21.6 Å². The molecule has 4 rings (SSSR count). The van der Waals surface area contributed by atoms with Gasteiger partial charge in [0.2, 0.25) is 10.0 Å². The molecule has 0 bridgehead atoms. The van der Waals surface area contributed by atoms with Gasteiger partial charge in [-0.3, -0.25) is 4.72 Å². The SMILES string of the molecule is O=S(=O)(Cc1ccc(C(F)(F)F)cc1)Nc1ccsc1-c1nc(C2CC2)no1. The van der Waals surface area contributed by atoms with Gasteiger partial charge in [-0.15, -0.1) is 11.3 Å². The van der Waals surface area contributed by atoms with Crippen molar-refractivity contribution in [2.45, 2.75) is 30.7 Å². The minimum Gasteiger partial charge on any atom is -0.333 e. The molecule has 0 unspecified atom stereocenters. The van der Waals surface area contributed by atoms with Gasteiger partial charge in [-0.2, -0.15) is 18.2 Å². The molecule has 1 aliphatic carbocycles. The Kier molecular flexibility index (Phi) is 4.66. The van der Waals surface area contributed by atoms with Crippen LogP contribution in [0.25, 0.3) is 10.8 Å². The van der Waals surface area contributed by atoms with Crippen molar-refractivity contribution in [3.05, 3.63) is 52.7 Å². The molecule has 2 aromatic heterocycles. The van der Waals surface area contributed by atoms with Crippen LogP contribution in [0.3, 0.4) is 0 Å². The Balaban J connectivity index is 1.50. The Morgan fingerprint density at radius 3 is 2.54 bits per heavy atom. The van der Waals surface area contributed by atoms with Crippen molar-refractivity contribution in [2.75, 3.05) is 4.72 Å². The van der Waals surface area contributed by atoms with Crippen molar-refractivity contribution in [1.29, 1.82) is 0 Å². The number of anilines is 1. The van der Waals surface area contributed by atoms with E-state index in [0.29, 0.717) is 22.3 Å². The fourth-order valence-corrected chi connectivity index (χ4v) is 4.65. The molecular weight excluding hydrogens is 415 g/mol. The zero-order chi connectivity index (χ0) is 19.9. The second-order valence-electron chi connectivity index (χ2n) is 6.45. The molecule has 1 aliphatic rings. The van der Waals surface area contributed by atoms with Crippen LogP contribution in [0.2, 0.25) is 0 Å². The number of thiophene rings is 1. The highest BCUT2D eigenvalue weighted by Gasteiger charge is 2.31. The van der Waals surface area contributed by atoms with Crippen LogP contribution < -0.4 is 4.72 Å². The lowest BCUT2D eigenvalue weighted by Crippen LogP contribution is -2.15. The number of alkyl halides is 3. The number of aromatic nitrogens is 2. The van der Waals surface area contributed by atoms with Gasteiger partial charge in [0, 0.05) is 5.92 Å². The fraction of sp³-hybridized carbons (Fsp3) is 0.294. The number of hydrogen-bond donors (Lipinski definition) is 1. The van der Waals surface area contributed by atoms with E-state index in [1.807, 2.05) is 0 Å². The van der Waals surface area contributed by atoms with Crippen LogP contribution in [0.4, 0.5) is 18.9 Å². The summed E-state index contributed by atoms with van der Waals surface area (Å²) in [5.74, 6) is 0.695.